The zero-order valence-corrected chi connectivity index (χ0v) is 16.0. The Morgan fingerprint density at radius 3 is 2.30 bits per heavy atom. The molecule has 0 aliphatic carbocycles. The van der Waals surface area contributed by atoms with Crippen LogP contribution in [0.5, 0.6) is 0 Å². The molecule has 2 fully saturated rings. The Hall–Kier alpha value is -2.04. The molecule has 1 aromatic carbocycles. The number of carbonyl (C=O) groups is 2. The van der Waals surface area contributed by atoms with Gasteiger partial charge in [0.05, 0.1) is 12.3 Å². The molecule has 3 rings (SSSR count). The molecule has 10 heteroatoms. The molecule has 0 radical (unpaired) electrons. The van der Waals surface area contributed by atoms with Crippen molar-refractivity contribution in [2.45, 2.75) is 12.1 Å². The number of piperazine rings is 1. The summed E-state index contributed by atoms with van der Waals surface area (Å²) in [6, 6.07) is 4.93. The highest BCUT2D eigenvalue weighted by molar-refractivity contribution is 7.88. The van der Waals surface area contributed by atoms with Crippen LogP contribution in [-0.2, 0) is 24.3 Å². The molecule has 0 spiro atoms. The molecule has 2 aliphatic heterocycles. The molecule has 2 aliphatic rings. The Labute approximate surface area is 157 Å². The zero-order valence-electron chi connectivity index (χ0n) is 15.2. The minimum absolute atomic E-state index is 0.214. The molecule has 1 aromatic rings. The predicted molar refractivity (Wildman–Crippen MR) is 94.6 cm³/mol. The van der Waals surface area contributed by atoms with Crippen LogP contribution in [0, 0.1) is 5.82 Å². The maximum Gasteiger partial charge on any atom is 0.254 e. The topological polar surface area (TPSA) is 87.2 Å². The molecule has 0 unspecified atom stereocenters. The Kier molecular flexibility index (Phi) is 5.50. The van der Waals surface area contributed by atoms with Gasteiger partial charge in [0.25, 0.3) is 5.91 Å². The first-order chi connectivity index (χ1) is 12.7. The van der Waals surface area contributed by atoms with E-state index in [1.165, 1.54) is 33.5 Å². The van der Waals surface area contributed by atoms with Crippen LogP contribution in [0.15, 0.2) is 24.3 Å². The second-order valence-corrected chi connectivity index (χ2v) is 8.70. The number of nitrogens with zero attached hydrogens (tertiary/aromatic N) is 3. The van der Waals surface area contributed by atoms with Crippen molar-refractivity contribution in [2.75, 3.05) is 46.1 Å². The van der Waals surface area contributed by atoms with Gasteiger partial charge in [-0.3, -0.25) is 9.59 Å². The van der Waals surface area contributed by atoms with Crippen LogP contribution in [0.25, 0.3) is 0 Å². The third kappa shape index (κ3) is 4.12. The maximum absolute atomic E-state index is 13.3. The van der Waals surface area contributed by atoms with Gasteiger partial charge in [-0.25, -0.2) is 12.8 Å². The fraction of sp³-hybridized carbons (Fsp3) is 0.529. The van der Waals surface area contributed by atoms with E-state index in [4.69, 9.17) is 4.74 Å². The molecule has 0 aromatic heterocycles. The number of rotatable bonds is 3. The third-order valence-electron chi connectivity index (χ3n) is 4.96. The fourth-order valence-electron chi connectivity index (χ4n) is 3.40. The summed E-state index contributed by atoms with van der Waals surface area (Å²) in [6.45, 7) is 0.716. The number of amides is 2. The van der Waals surface area contributed by atoms with Crippen molar-refractivity contribution >= 4 is 21.8 Å². The molecular weight excluding hydrogens is 377 g/mol. The lowest BCUT2D eigenvalue weighted by Crippen LogP contribution is -2.57. The van der Waals surface area contributed by atoms with Crippen LogP contribution >= 0.6 is 0 Å². The van der Waals surface area contributed by atoms with Gasteiger partial charge in [0.15, 0.2) is 6.10 Å². The van der Waals surface area contributed by atoms with Gasteiger partial charge in [-0.2, -0.15) is 4.31 Å². The number of likely N-dealkylation sites (N-methyl/N-ethyl adjacent to an activating group) is 1. The van der Waals surface area contributed by atoms with Crippen LogP contribution in [0.2, 0.25) is 0 Å². The lowest BCUT2D eigenvalue weighted by Gasteiger charge is -2.41. The van der Waals surface area contributed by atoms with E-state index in [-0.39, 0.29) is 44.6 Å². The molecule has 0 saturated carbocycles. The van der Waals surface area contributed by atoms with Crippen LogP contribution in [0.4, 0.5) is 4.39 Å². The summed E-state index contributed by atoms with van der Waals surface area (Å²) in [6.07, 6.45) is 0.211. The molecule has 148 valence electrons. The quantitative estimate of drug-likeness (QED) is 0.704. The van der Waals surface area contributed by atoms with Crippen LogP contribution in [0.3, 0.4) is 0 Å². The highest BCUT2D eigenvalue weighted by Crippen LogP contribution is 2.30. The minimum Gasteiger partial charge on any atom is -0.356 e. The highest BCUT2D eigenvalue weighted by atomic mass is 32.2. The molecule has 8 nitrogen and oxygen atoms in total. The summed E-state index contributed by atoms with van der Waals surface area (Å²) < 4.78 is 43.4. The van der Waals surface area contributed by atoms with Crippen molar-refractivity contribution in [3.8, 4) is 0 Å². The normalized spacial score (nSPS) is 24.9. The Bertz CT molecular complexity index is 821. The predicted octanol–water partition coefficient (Wildman–Crippen LogP) is -0.172. The van der Waals surface area contributed by atoms with E-state index in [9.17, 15) is 22.4 Å². The van der Waals surface area contributed by atoms with E-state index in [1.54, 1.807) is 11.9 Å². The average Bonchev–Trinajstić information content (AvgIpc) is 2.63. The van der Waals surface area contributed by atoms with Crippen molar-refractivity contribution < 1.29 is 27.1 Å². The summed E-state index contributed by atoms with van der Waals surface area (Å²) in [5, 5.41) is 0. The second-order valence-electron chi connectivity index (χ2n) is 6.72. The number of hydrogen-bond acceptors (Lipinski definition) is 5. The van der Waals surface area contributed by atoms with Crippen LogP contribution in [-0.4, -0.2) is 86.5 Å². The van der Waals surface area contributed by atoms with Gasteiger partial charge in [0.2, 0.25) is 15.9 Å². The first-order valence-corrected chi connectivity index (χ1v) is 10.4. The number of ether oxygens (including phenoxy) is 1. The van der Waals surface area contributed by atoms with Gasteiger partial charge in [-0.05, 0) is 17.7 Å². The van der Waals surface area contributed by atoms with Gasteiger partial charge < -0.3 is 14.5 Å². The molecule has 2 atom stereocenters. The first kappa shape index (κ1) is 19.7. The number of halogens is 1. The third-order valence-corrected chi connectivity index (χ3v) is 6.26. The Balaban J connectivity index is 1.79. The average molecular weight is 399 g/mol. The van der Waals surface area contributed by atoms with Crippen molar-refractivity contribution in [1.82, 2.24) is 14.1 Å². The van der Waals surface area contributed by atoms with E-state index < -0.39 is 28.0 Å². The van der Waals surface area contributed by atoms with Gasteiger partial charge in [-0.15, -0.1) is 0 Å². The second kappa shape index (κ2) is 7.53. The summed E-state index contributed by atoms with van der Waals surface area (Å²) in [5.74, 6) is -0.990. The number of sulfonamides is 1. The van der Waals surface area contributed by atoms with Gasteiger partial charge in [0, 0.05) is 33.2 Å². The summed E-state index contributed by atoms with van der Waals surface area (Å²) in [7, 11) is -1.71. The molecule has 2 amide bonds. The molecule has 2 saturated heterocycles. The van der Waals surface area contributed by atoms with Crippen molar-refractivity contribution in [3.63, 3.8) is 0 Å². The summed E-state index contributed by atoms with van der Waals surface area (Å²) in [4.78, 5) is 28.1. The van der Waals surface area contributed by atoms with E-state index in [1.807, 2.05) is 0 Å². The molecule has 27 heavy (non-hydrogen) atoms. The monoisotopic (exact) mass is 399 g/mol. The van der Waals surface area contributed by atoms with Crippen molar-refractivity contribution in [1.29, 1.82) is 0 Å². The molecule has 2 heterocycles. The van der Waals surface area contributed by atoms with E-state index in [0.717, 1.165) is 6.26 Å². The molecule has 0 N–H and O–H groups in total. The highest BCUT2D eigenvalue weighted by Gasteiger charge is 2.42. The minimum atomic E-state index is -3.30. The maximum atomic E-state index is 13.3. The van der Waals surface area contributed by atoms with Gasteiger partial charge >= 0.3 is 0 Å². The standard InChI is InChI=1S/C17H22FN3O5S/c1-19-14(22)11-26-16(15(19)12-3-5-13(18)6-4-12)17(23)20-7-9-21(10-8-20)27(2,24)25/h3-6,15-16H,7-11H2,1-2H3/t15-,16-/m0/s1. The van der Waals surface area contributed by atoms with Gasteiger partial charge in [0.1, 0.15) is 12.4 Å². The largest absolute Gasteiger partial charge is 0.356 e. The number of hydrogen-bond donors (Lipinski definition) is 0. The summed E-state index contributed by atoms with van der Waals surface area (Å²) >= 11 is 0. The van der Waals surface area contributed by atoms with Crippen molar-refractivity contribution in [2.24, 2.45) is 0 Å². The smallest absolute Gasteiger partial charge is 0.254 e. The Morgan fingerprint density at radius 2 is 1.74 bits per heavy atom. The SMILES string of the molecule is CN1C(=O)CO[C@H](C(=O)N2CCN(S(C)(=O)=O)CC2)[C@@H]1c1ccc(F)cc1. The lowest BCUT2D eigenvalue weighted by molar-refractivity contribution is -0.168. The molecule has 0 bridgehead atoms. The van der Waals surface area contributed by atoms with Crippen molar-refractivity contribution in [3.05, 3.63) is 35.6 Å². The lowest BCUT2D eigenvalue weighted by atomic mass is 9.97. The fourth-order valence-corrected chi connectivity index (χ4v) is 4.22. The summed E-state index contributed by atoms with van der Waals surface area (Å²) in [5.41, 5.74) is 0.597. The zero-order chi connectivity index (χ0) is 19.8. The number of morpholine rings is 1. The van der Waals surface area contributed by atoms with Gasteiger partial charge in [-0.1, -0.05) is 12.1 Å². The number of carbonyl (C=O) groups excluding carboxylic acids is 2. The Morgan fingerprint density at radius 1 is 1.15 bits per heavy atom. The molecular formula is C17H22FN3O5S. The number of benzene rings is 1. The van der Waals surface area contributed by atoms with Crippen LogP contribution < -0.4 is 0 Å². The van der Waals surface area contributed by atoms with E-state index >= 15 is 0 Å². The van der Waals surface area contributed by atoms with E-state index in [0.29, 0.717) is 5.56 Å². The van der Waals surface area contributed by atoms with Crippen LogP contribution in [0.1, 0.15) is 11.6 Å². The van der Waals surface area contributed by atoms with E-state index in [2.05, 4.69) is 0 Å². The first-order valence-electron chi connectivity index (χ1n) is 8.55.